The molecule has 2 aromatic carbocycles. The Hall–Kier alpha value is -1.38. The van der Waals surface area contributed by atoms with Crippen molar-refractivity contribution in [2.45, 2.75) is 20.0 Å². The number of halogens is 2. The first-order chi connectivity index (χ1) is 9.56. The van der Waals surface area contributed by atoms with E-state index in [1.54, 1.807) is 6.07 Å². The average molecular weight is 310 g/mol. The Morgan fingerprint density at radius 3 is 2.50 bits per heavy atom. The summed E-state index contributed by atoms with van der Waals surface area (Å²) < 4.78 is 5.82. The number of aryl methyl sites for hydroxylation is 1. The minimum Gasteiger partial charge on any atom is -0.489 e. The first-order valence-corrected chi connectivity index (χ1v) is 7.23. The zero-order chi connectivity index (χ0) is 14.5. The van der Waals surface area contributed by atoms with Crippen molar-refractivity contribution in [2.75, 3.05) is 11.9 Å². The highest BCUT2D eigenvalue weighted by atomic mass is 35.5. The van der Waals surface area contributed by atoms with Gasteiger partial charge >= 0.3 is 0 Å². The Bertz CT molecular complexity index is 569. The van der Waals surface area contributed by atoms with Gasteiger partial charge in [-0.2, -0.15) is 0 Å². The molecule has 0 radical (unpaired) electrons. The van der Waals surface area contributed by atoms with Crippen LogP contribution >= 0.6 is 23.2 Å². The number of nitrogens with one attached hydrogen (secondary N) is 1. The Kier molecular flexibility index (Phi) is 5.16. The van der Waals surface area contributed by atoms with E-state index in [0.29, 0.717) is 16.6 Å². The maximum atomic E-state index is 6.12. The van der Waals surface area contributed by atoms with Crippen molar-refractivity contribution in [1.82, 2.24) is 0 Å². The molecule has 0 saturated carbocycles. The Morgan fingerprint density at radius 1 is 1.10 bits per heavy atom. The van der Waals surface area contributed by atoms with E-state index < -0.39 is 0 Å². The molecule has 1 atom stereocenters. The molecule has 106 valence electrons. The fourth-order valence-corrected chi connectivity index (χ4v) is 2.15. The van der Waals surface area contributed by atoms with Gasteiger partial charge in [-0.25, -0.2) is 0 Å². The lowest BCUT2D eigenvalue weighted by Gasteiger charge is -2.17. The Morgan fingerprint density at radius 2 is 1.80 bits per heavy atom. The molecule has 0 aliphatic heterocycles. The van der Waals surface area contributed by atoms with Crippen LogP contribution in [0.2, 0.25) is 10.0 Å². The van der Waals surface area contributed by atoms with Crippen LogP contribution in [0.3, 0.4) is 0 Å². The van der Waals surface area contributed by atoms with Crippen molar-refractivity contribution >= 4 is 28.9 Å². The second kappa shape index (κ2) is 6.87. The third kappa shape index (κ3) is 4.06. The van der Waals surface area contributed by atoms with Crippen LogP contribution in [0.1, 0.15) is 12.5 Å². The fraction of sp³-hybridized carbons (Fsp3) is 0.250. The largest absolute Gasteiger partial charge is 0.489 e. The second-order valence-corrected chi connectivity index (χ2v) is 5.51. The Labute approximate surface area is 129 Å². The molecule has 0 saturated heterocycles. The summed E-state index contributed by atoms with van der Waals surface area (Å²) in [7, 11) is 0. The normalized spacial score (nSPS) is 12.0. The van der Waals surface area contributed by atoms with Crippen molar-refractivity contribution in [3.63, 3.8) is 0 Å². The third-order valence-electron chi connectivity index (χ3n) is 2.89. The standard InChI is InChI=1S/C16H17Cl2NO/c1-11-6-8-13(9-7-11)20-12(2)10-19-15-5-3-4-14(17)16(15)18/h3-9,12,19H,10H2,1-2H3. The fourth-order valence-electron chi connectivity index (χ4n) is 1.78. The molecule has 2 aromatic rings. The highest BCUT2D eigenvalue weighted by molar-refractivity contribution is 6.43. The molecular weight excluding hydrogens is 293 g/mol. The Balaban J connectivity index is 1.90. The maximum absolute atomic E-state index is 6.12. The quantitative estimate of drug-likeness (QED) is 0.821. The van der Waals surface area contributed by atoms with Crippen LogP contribution in [0, 0.1) is 6.92 Å². The molecule has 1 N–H and O–H groups in total. The van der Waals surface area contributed by atoms with E-state index in [9.17, 15) is 0 Å². The number of hydrogen-bond donors (Lipinski definition) is 1. The van der Waals surface area contributed by atoms with Crippen LogP contribution in [-0.2, 0) is 0 Å². The van der Waals surface area contributed by atoms with E-state index in [4.69, 9.17) is 27.9 Å². The minimum absolute atomic E-state index is 0.0211. The molecule has 20 heavy (non-hydrogen) atoms. The minimum atomic E-state index is 0.0211. The van der Waals surface area contributed by atoms with E-state index in [-0.39, 0.29) is 6.10 Å². The number of anilines is 1. The van der Waals surface area contributed by atoms with Gasteiger partial charge in [0.25, 0.3) is 0 Å². The summed E-state index contributed by atoms with van der Waals surface area (Å²) in [5.41, 5.74) is 2.03. The van der Waals surface area contributed by atoms with E-state index in [0.717, 1.165) is 11.4 Å². The zero-order valence-corrected chi connectivity index (χ0v) is 13.0. The van der Waals surface area contributed by atoms with E-state index >= 15 is 0 Å². The molecule has 2 nitrogen and oxygen atoms in total. The van der Waals surface area contributed by atoms with Crippen molar-refractivity contribution in [1.29, 1.82) is 0 Å². The molecule has 0 heterocycles. The third-order valence-corrected chi connectivity index (χ3v) is 3.71. The molecule has 0 aromatic heterocycles. The van der Waals surface area contributed by atoms with Crippen molar-refractivity contribution in [3.8, 4) is 5.75 Å². The van der Waals surface area contributed by atoms with Crippen LogP contribution in [0.5, 0.6) is 5.75 Å². The van der Waals surface area contributed by atoms with Crippen LogP contribution in [0.15, 0.2) is 42.5 Å². The molecule has 1 unspecified atom stereocenters. The van der Waals surface area contributed by atoms with Gasteiger partial charge in [0, 0.05) is 0 Å². The molecule has 0 amide bonds. The van der Waals surface area contributed by atoms with Crippen LogP contribution < -0.4 is 10.1 Å². The summed E-state index contributed by atoms with van der Waals surface area (Å²) in [5.74, 6) is 0.863. The van der Waals surface area contributed by atoms with E-state index in [1.165, 1.54) is 5.56 Å². The summed E-state index contributed by atoms with van der Waals surface area (Å²) in [6.45, 7) is 4.70. The lowest BCUT2D eigenvalue weighted by molar-refractivity contribution is 0.234. The van der Waals surface area contributed by atoms with Gasteiger partial charge in [0.15, 0.2) is 0 Å². The van der Waals surface area contributed by atoms with E-state index in [2.05, 4.69) is 12.2 Å². The summed E-state index contributed by atoms with van der Waals surface area (Å²) in [6, 6.07) is 13.5. The number of hydrogen-bond acceptors (Lipinski definition) is 2. The van der Waals surface area contributed by atoms with Gasteiger partial charge in [-0.1, -0.05) is 47.0 Å². The molecular formula is C16H17Cl2NO. The van der Waals surface area contributed by atoms with Crippen molar-refractivity contribution in [3.05, 3.63) is 58.1 Å². The summed E-state index contributed by atoms with van der Waals surface area (Å²) in [6.07, 6.45) is 0.0211. The molecule has 0 fully saturated rings. The number of rotatable bonds is 5. The molecule has 0 aliphatic rings. The predicted octanol–water partition coefficient (Wildman–Crippen LogP) is 5.18. The highest BCUT2D eigenvalue weighted by Crippen LogP contribution is 2.29. The van der Waals surface area contributed by atoms with Gasteiger partial charge in [0.2, 0.25) is 0 Å². The first-order valence-electron chi connectivity index (χ1n) is 6.47. The van der Waals surface area contributed by atoms with Gasteiger partial charge in [-0.15, -0.1) is 0 Å². The molecule has 0 spiro atoms. The molecule has 0 bridgehead atoms. The first kappa shape index (κ1) is 15.0. The average Bonchev–Trinajstić information content (AvgIpc) is 2.43. The van der Waals surface area contributed by atoms with Crippen LogP contribution in [-0.4, -0.2) is 12.6 Å². The zero-order valence-electron chi connectivity index (χ0n) is 11.5. The topological polar surface area (TPSA) is 21.3 Å². The van der Waals surface area contributed by atoms with Crippen molar-refractivity contribution < 1.29 is 4.74 Å². The number of ether oxygens (including phenoxy) is 1. The molecule has 4 heteroatoms. The second-order valence-electron chi connectivity index (χ2n) is 4.72. The van der Waals surface area contributed by atoms with Gasteiger partial charge < -0.3 is 10.1 Å². The summed E-state index contributed by atoms with van der Waals surface area (Å²) >= 11 is 12.1. The van der Waals surface area contributed by atoms with Gasteiger partial charge in [-0.3, -0.25) is 0 Å². The SMILES string of the molecule is Cc1ccc(OC(C)CNc2cccc(Cl)c2Cl)cc1. The van der Waals surface area contributed by atoms with Gasteiger partial charge in [0.1, 0.15) is 11.9 Å². The molecule has 2 rings (SSSR count). The van der Waals surface area contributed by atoms with Crippen molar-refractivity contribution in [2.24, 2.45) is 0 Å². The lowest BCUT2D eigenvalue weighted by atomic mass is 10.2. The van der Waals surface area contributed by atoms with Crippen LogP contribution in [0.4, 0.5) is 5.69 Å². The van der Waals surface area contributed by atoms with Crippen LogP contribution in [0.25, 0.3) is 0 Å². The van der Waals surface area contributed by atoms with Gasteiger partial charge in [0.05, 0.1) is 22.3 Å². The number of benzene rings is 2. The highest BCUT2D eigenvalue weighted by Gasteiger charge is 2.07. The molecule has 0 aliphatic carbocycles. The lowest BCUT2D eigenvalue weighted by Crippen LogP contribution is -2.22. The van der Waals surface area contributed by atoms with Gasteiger partial charge in [-0.05, 0) is 38.1 Å². The predicted molar refractivity (Wildman–Crippen MR) is 86.2 cm³/mol. The summed E-state index contributed by atoms with van der Waals surface area (Å²) in [4.78, 5) is 0. The maximum Gasteiger partial charge on any atom is 0.119 e. The monoisotopic (exact) mass is 309 g/mol. The summed E-state index contributed by atoms with van der Waals surface area (Å²) in [5, 5.41) is 4.33. The smallest absolute Gasteiger partial charge is 0.119 e. The van der Waals surface area contributed by atoms with E-state index in [1.807, 2.05) is 43.3 Å².